The largest absolute Gasteiger partial charge is 0.508 e. The Labute approximate surface area is 320 Å². The van der Waals surface area contributed by atoms with Crippen LogP contribution in [0.25, 0.3) is 0 Å². The molecule has 9 nitrogen and oxygen atoms in total. The molecule has 0 bridgehead atoms. The number of amides is 1. The van der Waals surface area contributed by atoms with Crippen molar-refractivity contribution in [1.29, 1.82) is 0 Å². The molecule has 0 aliphatic carbocycles. The van der Waals surface area contributed by atoms with E-state index in [4.69, 9.17) is 23.4 Å². The minimum Gasteiger partial charge on any atom is -0.457 e. The summed E-state index contributed by atoms with van der Waals surface area (Å²) in [6, 6.07) is 27.7. The van der Waals surface area contributed by atoms with Gasteiger partial charge >= 0.3 is 18.2 Å². The quantitative estimate of drug-likeness (QED) is 0.0412. The number of carbonyl (C=O) groups excluding carboxylic acids is 3. The SMILES string of the molecule is CC(C)[Si](OCCCC1=C[C@@H](OC(=O)CSc2ccccc2)C[C@H](COC(=O)OCc2ccccc2)N1C(=O)OCc1ccccc1)(C(C)C)C(C)C. The predicted octanol–water partition coefficient (Wildman–Crippen LogP) is 10.3. The van der Waals surface area contributed by atoms with Gasteiger partial charge < -0.3 is 23.4 Å². The molecule has 0 radical (unpaired) electrons. The van der Waals surface area contributed by atoms with Crippen molar-refractivity contribution >= 4 is 38.3 Å². The third-order valence-corrected chi connectivity index (χ3v) is 16.7. The molecule has 4 rings (SSSR count). The van der Waals surface area contributed by atoms with Crippen LogP contribution in [-0.2, 0) is 41.4 Å². The summed E-state index contributed by atoms with van der Waals surface area (Å²) in [5, 5.41) is 0. The van der Waals surface area contributed by atoms with E-state index in [1.54, 1.807) is 4.90 Å². The van der Waals surface area contributed by atoms with Gasteiger partial charge in [-0.05, 0) is 58.8 Å². The lowest BCUT2D eigenvalue weighted by Gasteiger charge is -2.42. The average molecular weight is 762 g/mol. The van der Waals surface area contributed by atoms with Crippen LogP contribution < -0.4 is 0 Å². The van der Waals surface area contributed by atoms with Crippen molar-refractivity contribution in [3.63, 3.8) is 0 Å². The van der Waals surface area contributed by atoms with Crippen molar-refractivity contribution in [2.24, 2.45) is 0 Å². The monoisotopic (exact) mass is 761 g/mol. The van der Waals surface area contributed by atoms with Crippen LogP contribution in [0.2, 0.25) is 16.6 Å². The molecular formula is C42H55NO8SSi. The number of thioether (sulfide) groups is 1. The molecule has 0 unspecified atom stereocenters. The highest BCUT2D eigenvalue weighted by Gasteiger charge is 2.45. The van der Waals surface area contributed by atoms with Gasteiger partial charge in [0.25, 0.3) is 0 Å². The van der Waals surface area contributed by atoms with Crippen LogP contribution in [0.3, 0.4) is 0 Å². The standard InChI is InChI=1S/C42H55NO8SSi/c1-31(2)53(32(3)4,33(5)6)50-24-16-21-36-25-38(51-40(44)30-52-39-22-14-9-15-23-39)26-37(29-49-42(46)48-28-35-19-12-8-13-20-35)43(36)41(45)47-27-34-17-10-7-11-18-34/h7-15,17-20,22-23,25,31-33,37-38H,16,21,24,26-30H2,1-6H3/t37-,38-/m1/s1. The van der Waals surface area contributed by atoms with Crippen molar-refractivity contribution in [1.82, 2.24) is 4.90 Å². The second-order valence-corrected chi connectivity index (χ2v) is 20.7. The molecule has 0 fully saturated rings. The molecule has 3 aromatic carbocycles. The first-order valence-corrected chi connectivity index (χ1v) is 21.7. The second kappa shape index (κ2) is 21.0. The van der Waals surface area contributed by atoms with Gasteiger partial charge in [-0.1, -0.05) is 120 Å². The molecule has 0 saturated heterocycles. The highest BCUT2D eigenvalue weighted by atomic mass is 32.2. The molecule has 53 heavy (non-hydrogen) atoms. The summed E-state index contributed by atoms with van der Waals surface area (Å²) in [5.74, 6) is -0.258. The fourth-order valence-corrected chi connectivity index (χ4v) is 13.4. The highest BCUT2D eigenvalue weighted by molar-refractivity contribution is 8.00. The maximum absolute atomic E-state index is 14.0. The lowest BCUT2D eigenvalue weighted by Crippen LogP contribution is -2.49. The minimum atomic E-state index is -2.11. The molecule has 286 valence electrons. The number of nitrogens with zero attached hydrogens (tertiary/aromatic N) is 1. The average Bonchev–Trinajstić information content (AvgIpc) is 3.15. The predicted molar refractivity (Wildman–Crippen MR) is 211 cm³/mol. The molecule has 3 aromatic rings. The molecule has 0 saturated carbocycles. The zero-order valence-electron chi connectivity index (χ0n) is 31.9. The Balaban J connectivity index is 1.54. The number of ether oxygens (including phenoxy) is 4. The van der Waals surface area contributed by atoms with E-state index in [1.807, 2.05) is 97.1 Å². The van der Waals surface area contributed by atoms with Crippen molar-refractivity contribution in [2.75, 3.05) is 19.0 Å². The van der Waals surface area contributed by atoms with E-state index in [1.165, 1.54) is 11.8 Å². The molecule has 1 heterocycles. The summed E-state index contributed by atoms with van der Waals surface area (Å²) < 4.78 is 29.6. The Hall–Kier alpha value is -4.06. The number of benzene rings is 3. The van der Waals surface area contributed by atoms with E-state index >= 15 is 0 Å². The Morgan fingerprint density at radius 1 is 0.755 bits per heavy atom. The zero-order valence-corrected chi connectivity index (χ0v) is 33.7. The Morgan fingerprint density at radius 3 is 1.87 bits per heavy atom. The van der Waals surface area contributed by atoms with Crippen molar-refractivity contribution < 1.29 is 37.8 Å². The fourth-order valence-electron chi connectivity index (χ4n) is 7.24. The third-order valence-electron chi connectivity index (χ3n) is 9.57. The Kier molecular flexibility index (Phi) is 16.5. The first-order chi connectivity index (χ1) is 25.5. The summed E-state index contributed by atoms with van der Waals surface area (Å²) in [5.41, 5.74) is 3.59. The van der Waals surface area contributed by atoms with Crippen LogP contribution in [0, 0.1) is 0 Å². The summed E-state index contributed by atoms with van der Waals surface area (Å²) >= 11 is 1.39. The molecule has 1 amide bonds. The van der Waals surface area contributed by atoms with Crippen molar-refractivity contribution in [3.8, 4) is 0 Å². The Morgan fingerprint density at radius 2 is 1.30 bits per heavy atom. The van der Waals surface area contributed by atoms with Crippen LogP contribution in [0.5, 0.6) is 0 Å². The van der Waals surface area contributed by atoms with E-state index < -0.39 is 32.7 Å². The van der Waals surface area contributed by atoms with E-state index in [9.17, 15) is 14.4 Å². The van der Waals surface area contributed by atoms with Gasteiger partial charge in [0.05, 0.1) is 11.8 Å². The fraction of sp³-hybridized carbons (Fsp3) is 0.452. The van der Waals surface area contributed by atoms with Crippen LogP contribution >= 0.6 is 11.8 Å². The van der Waals surface area contributed by atoms with Gasteiger partial charge in [0.2, 0.25) is 0 Å². The van der Waals surface area contributed by atoms with Gasteiger partial charge in [-0.25, -0.2) is 9.59 Å². The van der Waals surface area contributed by atoms with Gasteiger partial charge in [0.1, 0.15) is 25.9 Å². The molecule has 0 aromatic heterocycles. The lowest BCUT2D eigenvalue weighted by molar-refractivity contribution is -0.145. The normalized spacial score (nSPS) is 16.0. The van der Waals surface area contributed by atoms with Gasteiger partial charge in [0.15, 0.2) is 8.32 Å². The minimum absolute atomic E-state index is 0.0472. The van der Waals surface area contributed by atoms with Crippen LogP contribution in [0.4, 0.5) is 9.59 Å². The maximum atomic E-state index is 14.0. The first-order valence-electron chi connectivity index (χ1n) is 18.5. The molecule has 0 N–H and O–H groups in total. The molecule has 11 heteroatoms. The first kappa shape index (κ1) is 41.7. The molecule has 1 aliphatic heterocycles. The van der Waals surface area contributed by atoms with E-state index in [2.05, 4.69) is 41.5 Å². The third kappa shape index (κ3) is 12.5. The number of esters is 1. The number of rotatable bonds is 18. The number of hydrogen-bond donors (Lipinski definition) is 0. The topological polar surface area (TPSA) is 101 Å². The van der Waals surface area contributed by atoms with E-state index in [-0.39, 0.29) is 38.0 Å². The van der Waals surface area contributed by atoms with Gasteiger partial charge in [0, 0.05) is 23.6 Å². The van der Waals surface area contributed by atoms with Crippen molar-refractivity contribution in [3.05, 3.63) is 114 Å². The molecule has 1 aliphatic rings. The van der Waals surface area contributed by atoms with Crippen LogP contribution in [0.1, 0.15) is 71.9 Å². The highest BCUT2D eigenvalue weighted by Crippen LogP contribution is 2.42. The smallest absolute Gasteiger partial charge is 0.457 e. The lowest BCUT2D eigenvalue weighted by atomic mass is 9.99. The van der Waals surface area contributed by atoms with Gasteiger partial charge in [-0.3, -0.25) is 9.69 Å². The summed E-state index contributed by atoms with van der Waals surface area (Å²) in [7, 11) is -2.11. The Bertz CT molecular complexity index is 1580. The number of carbonyl (C=O) groups is 3. The zero-order chi connectivity index (χ0) is 38.2. The van der Waals surface area contributed by atoms with Crippen LogP contribution in [0.15, 0.2) is 108 Å². The summed E-state index contributed by atoms with van der Waals surface area (Å²) in [6.45, 7) is 14.0. The summed E-state index contributed by atoms with van der Waals surface area (Å²) in [6.07, 6.45) is 1.04. The van der Waals surface area contributed by atoms with E-state index in [0.29, 0.717) is 41.8 Å². The van der Waals surface area contributed by atoms with Crippen molar-refractivity contribution in [2.45, 2.75) is 108 Å². The number of hydrogen-bond acceptors (Lipinski definition) is 9. The second-order valence-electron chi connectivity index (χ2n) is 14.2. The molecular weight excluding hydrogens is 707 g/mol. The van der Waals surface area contributed by atoms with Gasteiger partial charge in [-0.2, -0.15) is 0 Å². The van der Waals surface area contributed by atoms with Gasteiger partial charge in [-0.15, -0.1) is 11.8 Å². The number of allylic oxidation sites excluding steroid dienone is 1. The maximum Gasteiger partial charge on any atom is 0.508 e. The molecule has 0 spiro atoms. The molecule has 2 atom stereocenters. The van der Waals surface area contributed by atoms with E-state index in [0.717, 1.165) is 16.0 Å². The summed E-state index contributed by atoms with van der Waals surface area (Å²) in [4.78, 5) is 42.4. The van der Waals surface area contributed by atoms with Crippen LogP contribution in [-0.4, -0.2) is 62.5 Å².